The van der Waals surface area contributed by atoms with Gasteiger partial charge in [-0.3, -0.25) is 14.9 Å². The maximum atomic E-state index is 12.3. The number of para-hydroxylation sites is 1. The van der Waals surface area contributed by atoms with Gasteiger partial charge in [0.05, 0.1) is 23.1 Å². The van der Waals surface area contributed by atoms with Gasteiger partial charge < -0.3 is 10.3 Å². The Labute approximate surface area is 179 Å². The molecule has 0 radical (unpaired) electrons. The highest BCUT2D eigenvalue weighted by Gasteiger charge is 2.21. The number of nitrogens with one attached hydrogen (secondary N) is 3. The zero-order valence-corrected chi connectivity index (χ0v) is 17.7. The number of H-pyrrole nitrogens is 2. The van der Waals surface area contributed by atoms with Gasteiger partial charge in [0.25, 0.3) is 0 Å². The van der Waals surface area contributed by atoms with Gasteiger partial charge in [0.2, 0.25) is 5.91 Å². The minimum atomic E-state index is -0.472. The molecule has 0 saturated heterocycles. The molecule has 6 nitrogen and oxygen atoms in total. The van der Waals surface area contributed by atoms with E-state index in [1.54, 1.807) is 12.4 Å². The second-order valence-corrected chi connectivity index (χ2v) is 8.77. The number of amides is 1. The zero-order valence-electron chi connectivity index (χ0n) is 17.7. The Kier molecular flexibility index (Phi) is 4.36. The van der Waals surface area contributed by atoms with Crippen molar-refractivity contribution in [2.45, 2.75) is 20.8 Å². The highest BCUT2D eigenvalue weighted by Crippen LogP contribution is 2.32. The number of hydrogen-bond donors (Lipinski definition) is 3. The molecule has 5 aromatic rings. The summed E-state index contributed by atoms with van der Waals surface area (Å²) >= 11 is 0. The van der Waals surface area contributed by atoms with Crippen LogP contribution in [0.4, 0.5) is 5.69 Å². The lowest BCUT2D eigenvalue weighted by atomic mass is 9.95. The molecule has 3 N–H and O–H groups in total. The second kappa shape index (κ2) is 7.09. The minimum absolute atomic E-state index is 0.0437. The Hall–Kier alpha value is -3.93. The fourth-order valence-electron chi connectivity index (χ4n) is 3.58. The van der Waals surface area contributed by atoms with Gasteiger partial charge >= 0.3 is 0 Å². The largest absolute Gasteiger partial charge is 0.353 e. The van der Waals surface area contributed by atoms with Gasteiger partial charge in [-0.2, -0.15) is 5.10 Å². The van der Waals surface area contributed by atoms with Crippen molar-refractivity contribution in [3.63, 3.8) is 0 Å². The second-order valence-electron chi connectivity index (χ2n) is 8.77. The van der Waals surface area contributed by atoms with Crippen molar-refractivity contribution in [1.29, 1.82) is 0 Å². The molecular weight excluding hydrogens is 386 g/mol. The van der Waals surface area contributed by atoms with Gasteiger partial charge in [0.15, 0.2) is 0 Å². The Morgan fingerprint density at radius 1 is 0.935 bits per heavy atom. The van der Waals surface area contributed by atoms with Crippen LogP contribution in [0.2, 0.25) is 0 Å². The molecular formula is C25H23N5O. The van der Waals surface area contributed by atoms with Gasteiger partial charge in [-0.15, -0.1) is 0 Å². The van der Waals surface area contributed by atoms with Gasteiger partial charge in [-0.25, -0.2) is 0 Å². The molecule has 0 spiro atoms. The summed E-state index contributed by atoms with van der Waals surface area (Å²) in [6, 6.07) is 18.4. The molecule has 31 heavy (non-hydrogen) atoms. The Morgan fingerprint density at radius 3 is 2.58 bits per heavy atom. The predicted molar refractivity (Wildman–Crippen MR) is 125 cm³/mol. The maximum Gasteiger partial charge on any atom is 0.229 e. The summed E-state index contributed by atoms with van der Waals surface area (Å²) in [6.07, 6.45) is 3.47. The van der Waals surface area contributed by atoms with E-state index in [0.29, 0.717) is 5.69 Å². The molecule has 3 aromatic heterocycles. The quantitative estimate of drug-likeness (QED) is 0.354. The molecule has 1 amide bonds. The van der Waals surface area contributed by atoms with E-state index < -0.39 is 5.41 Å². The predicted octanol–water partition coefficient (Wildman–Crippen LogP) is 5.76. The number of fused-ring (bicyclic) bond motifs is 2. The standard InChI is InChI=1S/C25H23N5O/c1-25(2,3)24(31)27-18-10-17(13-26-14-18)15-8-9-21-19(11-15)23(30-29-21)22-12-16-6-4-5-7-20(16)28-22/h4-14,28H,1-3H3,(H,27,31)(H,29,30). The summed E-state index contributed by atoms with van der Waals surface area (Å²) < 4.78 is 0. The summed E-state index contributed by atoms with van der Waals surface area (Å²) in [4.78, 5) is 20.1. The fourth-order valence-corrected chi connectivity index (χ4v) is 3.58. The number of aromatic amines is 2. The van der Waals surface area contributed by atoms with Crippen molar-refractivity contribution < 1.29 is 4.79 Å². The summed E-state index contributed by atoms with van der Waals surface area (Å²) in [5.41, 5.74) is 6.02. The van der Waals surface area contributed by atoms with E-state index in [2.05, 4.69) is 49.7 Å². The van der Waals surface area contributed by atoms with E-state index >= 15 is 0 Å². The highest BCUT2D eigenvalue weighted by molar-refractivity contribution is 5.98. The normalized spacial score (nSPS) is 11.8. The van der Waals surface area contributed by atoms with E-state index in [-0.39, 0.29) is 5.91 Å². The smallest absolute Gasteiger partial charge is 0.229 e. The number of aromatic nitrogens is 4. The average molecular weight is 409 g/mol. The Bertz CT molecular complexity index is 1390. The van der Waals surface area contributed by atoms with E-state index in [1.807, 2.05) is 51.1 Å². The highest BCUT2D eigenvalue weighted by atomic mass is 16.2. The number of carbonyl (C=O) groups excluding carboxylic acids is 1. The van der Waals surface area contributed by atoms with Crippen LogP contribution in [0.15, 0.2) is 67.0 Å². The zero-order chi connectivity index (χ0) is 21.6. The molecule has 0 bridgehead atoms. The lowest BCUT2D eigenvalue weighted by Crippen LogP contribution is -2.27. The monoisotopic (exact) mass is 409 g/mol. The molecule has 0 aliphatic heterocycles. The molecule has 0 atom stereocenters. The molecule has 154 valence electrons. The van der Waals surface area contributed by atoms with Crippen LogP contribution in [0.1, 0.15) is 20.8 Å². The van der Waals surface area contributed by atoms with Gasteiger partial charge in [-0.1, -0.05) is 45.0 Å². The van der Waals surface area contributed by atoms with Crippen LogP contribution in [0.3, 0.4) is 0 Å². The van der Waals surface area contributed by atoms with Crippen LogP contribution in [0.5, 0.6) is 0 Å². The number of nitrogens with zero attached hydrogens (tertiary/aromatic N) is 2. The lowest BCUT2D eigenvalue weighted by molar-refractivity contribution is -0.123. The first-order valence-corrected chi connectivity index (χ1v) is 10.2. The topological polar surface area (TPSA) is 86.5 Å². The minimum Gasteiger partial charge on any atom is -0.353 e. The van der Waals surface area contributed by atoms with Crippen molar-refractivity contribution in [1.82, 2.24) is 20.2 Å². The number of rotatable bonds is 3. The first kappa shape index (κ1) is 19.1. The molecule has 0 unspecified atom stereocenters. The maximum absolute atomic E-state index is 12.3. The summed E-state index contributed by atoms with van der Waals surface area (Å²) in [5, 5.41) is 12.8. The lowest BCUT2D eigenvalue weighted by Gasteiger charge is -2.17. The molecule has 3 heterocycles. The number of hydrogen-bond acceptors (Lipinski definition) is 3. The van der Waals surface area contributed by atoms with Crippen molar-refractivity contribution in [2.24, 2.45) is 5.41 Å². The first-order valence-electron chi connectivity index (χ1n) is 10.2. The van der Waals surface area contributed by atoms with Crippen molar-refractivity contribution >= 4 is 33.4 Å². The Morgan fingerprint density at radius 2 is 1.77 bits per heavy atom. The molecule has 0 fully saturated rings. The van der Waals surface area contributed by atoms with Crippen molar-refractivity contribution in [3.8, 4) is 22.5 Å². The van der Waals surface area contributed by atoms with Crippen LogP contribution in [-0.4, -0.2) is 26.1 Å². The molecule has 5 rings (SSSR count). The van der Waals surface area contributed by atoms with E-state index in [4.69, 9.17) is 0 Å². The van der Waals surface area contributed by atoms with Crippen LogP contribution in [0, 0.1) is 5.41 Å². The Balaban J connectivity index is 1.54. The first-order chi connectivity index (χ1) is 14.9. The SMILES string of the molecule is CC(C)(C)C(=O)Nc1cncc(-c2ccc3[nH]nc(-c4cc5ccccc5[nH]4)c3c2)c1. The van der Waals surface area contributed by atoms with E-state index in [1.165, 1.54) is 0 Å². The van der Waals surface area contributed by atoms with Crippen LogP contribution in [-0.2, 0) is 4.79 Å². The average Bonchev–Trinajstić information content (AvgIpc) is 3.36. The van der Waals surface area contributed by atoms with Gasteiger partial charge in [-0.05, 0) is 35.9 Å². The molecule has 0 aliphatic rings. The third-order valence-corrected chi connectivity index (χ3v) is 5.36. The number of carbonyl (C=O) groups is 1. The van der Waals surface area contributed by atoms with Crippen LogP contribution < -0.4 is 5.32 Å². The fraction of sp³-hybridized carbons (Fsp3) is 0.160. The molecule has 6 heteroatoms. The molecule has 0 aliphatic carbocycles. The van der Waals surface area contributed by atoms with E-state index in [0.717, 1.165) is 44.3 Å². The number of anilines is 1. The van der Waals surface area contributed by atoms with E-state index in [9.17, 15) is 4.79 Å². The number of benzene rings is 2. The molecule has 0 saturated carbocycles. The van der Waals surface area contributed by atoms with Crippen LogP contribution in [0.25, 0.3) is 44.3 Å². The molecule has 2 aromatic carbocycles. The third kappa shape index (κ3) is 3.57. The third-order valence-electron chi connectivity index (χ3n) is 5.36. The van der Waals surface area contributed by atoms with Gasteiger partial charge in [0.1, 0.15) is 5.69 Å². The van der Waals surface area contributed by atoms with Crippen molar-refractivity contribution in [2.75, 3.05) is 5.32 Å². The summed E-state index contributed by atoms with van der Waals surface area (Å²) in [5.74, 6) is -0.0437. The summed E-state index contributed by atoms with van der Waals surface area (Å²) in [7, 11) is 0. The summed E-state index contributed by atoms with van der Waals surface area (Å²) in [6.45, 7) is 5.66. The van der Waals surface area contributed by atoms with Gasteiger partial charge in [0, 0.05) is 33.5 Å². The van der Waals surface area contributed by atoms with Crippen molar-refractivity contribution in [3.05, 3.63) is 67.0 Å². The number of pyridine rings is 1. The van der Waals surface area contributed by atoms with Crippen LogP contribution >= 0.6 is 0 Å².